The van der Waals surface area contributed by atoms with Crippen molar-refractivity contribution < 1.29 is 18.4 Å². The van der Waals surface area contributed by atoms with Crippen LogP contribution in [0, 0.1) is 5.82 Å². The lowest BCUT2D eigenvalue weighted by atomic mass is 10.1. The Hall–Kier alpha value is -2.84. The van der Waals surface area contributed by atoms with Crippen molar-refractivity contribution in [1.29, 1.82) is 0 Å². The fourth-order valence-corrected chi connectivity index (χ4v) is 3.94. The van der Waals surface area contributed by atoms with Crippen molar-refractivity contribution in [2.24, 2.45) is 0 Å². The van der Waals surface area contributed by atoms with Crippen molar-refractivity contribution >= 4 is 50.7 Å². The van der Waals surface area contributed by atoms with Crippen LogP contribution in [0.25, 0.3) is 0 Å². The molecule has 1 aliphatic heterocycles. The summed E-state index contributed by atoms with van der Waals surface area (Å²) >= 11 is 9.33. The van der Waals surface area contributed by atoms with Crippen molar-refractivity contribution in [2.75, 3.05) is 36.4 Å². The third-order valence-electron chi connectivity index (χ3n) is 5.02. The molecule has 0 spiro atoms. The number of furan rings is 1. The molecule has 0 aliphatic carbocycles. The minimum absolute atomic E-state index is 0.0694. The van der Waals surface area contributed by atoms with E-state index in [1.54, 1.807) is 41.3 Å². The second-order valence-electron chi connectivity index (χ2n) is 6.98. The third-order valence-corrected chi connectivity index (χ3v) is 5.68. The lowest BCUT2D eigenvalue weighted by molar-refractivity contribution is 0.0742. The molecule has 0 atom stereocenters. The Balaban J connectivity index is 1.48. The highest BCUT2D eigenvalue weighted by Gasteiger charge is 2.25. The Kier molecular flexibility index (Phi) is 6.29. The number of nitrogens with zero attached hydrogens (tertiary/aromatic N) is 2. The maximum absolute atomic E-state index is 14.0. The molecule has 4 rings (SSSR count). The summed E-state index contributed by atoms with van der Waals surface area (Å²) in [6.07, 6.45) is 0. The van der Waals surface area contributed by atoms with Crippen LogP contribution in [0.5, 0.6) is 0 Å². The van der Waals surface area contributed by atoms with Crippen molar-refractivity contribution in [3.63, 3.8) is 0 Å². The van der Waals surface area contributed by atoms with Gasteiger partial charge in [0.15, 0.2) is 10.4 Å². The third kappa shape index (κ3) is 4.75. The molecule has 1 N–H and O–H groups in total. The van der Waals surface area contributed by atoms with E-state index in [-0.39, 0.29) is 17.2 Å². The van der Waals surface area contributed by atoms with Gasteiger partial charge in [0.1, 0.15) is 5.82 Å². The van der Waals surface area contributed by atoms with Gasteiger partial charge in [-0.05, 0) is 58.4 Å². The second-order valence-corrected chi connectivity index (χ2v) is 8.20. The number of halogens is 3. The van der Waals surface area contributed by atoms with E-state index in [1.807, 2.05) is 6.07 Å². The molecule has 31 heavy (non-hydrogen) atoms. The van der Waals surface area contributed by atoms with E-state index in [9.17, 15) is 14.0 Å². The topological polar surface area (TPSA) is 65.8 Å². The first-order valence-electron chi connectivity index (χ1n) is 9.57. The second kappa shape index (κ2) is 9.11. The summed E-state index contributed by atoms with van der Waals surface area (Å²) < 4.78 is 19.7. The maximum Gasteiger partial charge on any atom is 0.291 e. The number of rotatable bonds is 4. The van der Waals surface area contributed by atoms with E-state index in [4.69, 9.17) is 16.0 Å². The van der Waals surface area contributed by atoms with Gasteiger partial charge in [0, 0.05) is 31.2 Å². The van der Waals surface area contributed by atoms with Crippen LogP contribution in [0.1, 0.15) is 20.9 Å². The van der Waals surface area contributed by atoms with Crippen molar-refractivity contribution in [3.05, 3.63) is 81.4 Å². The molecule has 0 radical (unpaired) electrons. The number of carbonyl (C=O) groups excluding carboxylic acids is 2. The predicted molar refractivity (Wildman–Crippen MR) is 120 cm³/mol. The fraction of sp³-hybridized carbons (Fsp3) is 0.182. The van der Waals surface area contributed by atoms with Gasteiger partial charge in [-0.1, -0.05) is 23.7 Å². The quantitative estimate of drug-likeness (QED) is 0.538. The normalized spacial score (nSPS) is 13.9. The molecule has 160 valence electrons. The van der Waals surface area contributed by atoms with E-state index in [1.165, 1.54) is 12.1 Å². The molecule has 1 aromatic heterocycles. The van der Waals surface area contributed by atoms with Gasteiger partial charge in [0.2, 0.25) is 0 Å². The van der Waals surface area contributed by atoms with Crippen LogP contribution in [0.4, 0.5) is 15.8 Å². The molecule has 9 heteroatoms. The highest BCUT2D eigenvalue weighted by atomic mass is 79.9. The van der Waals surface area contributed by atoms with Crippen molar-refractivity contribution in [2.45, 2.75) is 0 Å². The fourth-order valence-electron chi connectivity index (χ4n) is 3.46. The summed E-state index contributed by atoms with van der Waals surface area (Å²) in [4.78, 5) is 28.9. The average Bonchev–Trinajstić information content (AvgIpc) is 3.20. The van der Waals surface area contributed by atoms with Gasteiger partial charge in [-0.3, -0.25) is 9.59 Å². The first-order chi connectivity index (χ1) is 14.9. The standard InChI is InChI=1S/C22H18BrClFN3O3/c23-20-8-7-19(31-20)21(29)26-17-13-14(24)5-6-18(17)27-9-11-28(12-10-27)22(30)15-3-1-2-4-16(15)25/h1-8,13H,9-12H2,(H,26,29). The van der Waals surface area contributed by atoms with Crippen LogP contribution in [0.15, 0.2) is 63.7 Å². The minimum atomic E-state index is -0.526. The first-order valence-corrected chi connectivity index (χ1v) is 10.7. The minimum Gasteiger partial charge on any atom is -0.444 e. The van der Waals surface area contributed by atoms with Gasteiger partial charge in [-0.25, -0.2) is 4.39 Å². The number of anilines is 2. The largest absolute Gasteiger partial charge is 0.444 e. The van der Waals surface area contributed by atoms with Crippen LogP contribution in [0.2, 0.25) is 5.02 Å². The molecule has 2 heterocycles. The number of carbonyl (C=O) groups is 2. The van der Waals surface area contributed by atoms with Gasteiger partial charge in [0.25, 0.3) is 11.8 Å². The SMILES string of the molecule is O=C(Nc1cc(Cl)ccc1N1CCN(C(=O)c2ccccc2F)CC1)c1ccc(Br)o1. The van der Waals surface area contributed by atoms with Crippen LogP contribution >= 0.6 is 27.5 Å². The molecule has 1 saturated heterocycles. The van der Waals surface area contributed by atoms with Gasteiger partial charge in [0.05, 0.1) is 16.9 Å². The summed E-state index contributed by atoms with van der Waals surface area (Å²) in [7, 11) is 0. The Bertz CT molecular complexity index is 1130. The van der Waals surface area contributed by atoms with Crippen molar-refractivity contribution in [3.8, 4) is 0 Å². The molecule has 1 fully saturated rings. The molecular weight excluding hydrogens is 489 g/mol. The Morgan fingerprint density at radius 1 is 1.03 bits per heavy atom. The van der Waals surface area contributed by atoms with Gasteiger partial charge in [-0.2, -0.15) is 0 Å². The molecule has 3 aromatic rings. The molecule has 6 nitrogen and oxygen atoms in total. The van der Waals surface area contributed by atoms with Crippen LogP contribution < -0.4 is 10.2 Å². The smallest absolute Gasteiger partial charge is 0.291 e. The number of piperazine rings is 1. The van der Waals surface area contributed by atoms with Crippen molar-refractivity contribution in [1.82, 2.24) is 4.90 Å². The summed E-state index contributed by atoms with van der Waals surface area (Å²) in [5.41, 5.74) is 1.39. The average molecular weight is 507 g/mol. The Morgan fingerprint density at radius 3 is 2.45 bits per heavy atom. The maximum atomic E-state index is 14.0. The summed E-state index contributed by atoms with van der Waals surface area (Å²) in [5, 5.41) is 3.32. The number of hydrogen-bond donors (Lipinski definition) is 1. The van der Waals surface area contributed by atoms with Crippen LogP contribution in [-0.2, 0) is 0 Å². The Labute approximate surface area is 191 Å². The molecule has 0 bridgehead atoms. The molecule has 2 aromatic carbocycles. The highest BCUT2D eigenvalue weighted by Crippen LogP contribution is 2.31. The molecule has 1 aliphatic rings. The molecule has 2 amide bonds. The lowest BCUT2D eigenvalue weighted by Gasteiger charge is -2.37. The zero-order valence-electron chi connectivity index (χ0n) is 16.3. The summed E-state index contributed by atoms with van der Waals surface area (Å²) in [6, 6.07) is 14.4. The van der Waals surface area contributed by atoms with Crippen LogP contribution in [-0.4, -0.2) is 42.9 Å². The van der Waals surface area contributed by atoms with E-state index < -0.39 is 11.7 Å². The predicted octanol–water partition coefficient (Wildman–Crippen LogP) is 5.05. The van der Waals surface area contributed by atoms with E-state index in [2.05, 4.69) is 26.1 Å². The zero-order chi connectivity index (χ0) is 22.0. The van der Waals surface area contributed by atoms with Gasteiger partial charge < -0.3 is 19.5 Å². The summed E-state index contributed by atoms with van der Waals surface area (Å²) in [5.74, 6) is -1.09. The van der Waals surface area contributed by atoms with E-state index >= 15 is 0 Å². The first kappa shape index (κ1) is 21.4. The van der Waals surface area contributed by atoms with Crippen LogP contribution in [0.3, 0.4) is 0 Å². The van der Waals surface area contributed by atoms with E-state index in [0.29, 0.717) is 41.6 Å². The van der Waals surface area contributed by atoms with Gasteiger partial charge in [-0.15, -0.1) is 0 Å². The molecular formula is C22H18BrClFN3O3. The number of amides is 2. The number of hydrogen-bond acceptors (Lipinski definition) is 4. The highest BCUT2D eigenvalue weighted by molar-refractivity contribution is 9.10. The number of benzene rings is 2. The monoisotopic (exact) mass is 505 g/mol. The zero-order valence-corrected chi connectivity index (χ0v) is 18.6. The van der Waals surface area contributed by atoms with Gasteiger partial charge >= 0.3 is 0 Å². The summed E-state index contributed by atoms with van der Waals surface area (Å²) in [6.45, 7) is 1.90. The lowest BCUT2D eigenvalue weighted by Crippen LogP contribution is -2.49. The van der Waals surface area contributed by atoms with E-state index in [0.717, 1.165) is 5.69 Å². The number of nitrogens with one attached hydrogen (secondary N) is 1. The molecule has 0 unspecified atom stereocenters. The Morgan fingerprint density at radius 2 is 1.77 bits per heavy atom. The molecule has 0 saturated carbocycles.